The number of carbonyl (C=O) groups is 2. The highest BCUT2D eigenvalue weighted by molar-refractivity contribution is 6.03. The molecule has 92 valence electrons. The van der Waals surface area contributed by atoms with Gasteiger partial charge in [-0.1, -0.05) is 43.7 Å². The Morgan fingerprint density at radius 2 is 1.65 bits per heavy atom. The lowest BCUT2D eigenvalue weighted by molar-refractivity contribution is -0.140. The first-order valence-corrected chi connectivity index (χ1v) is 5.66. The van der Waals surface area contributed by atoms with E-state index in [0.717, 1.165) is 5.56 Å². The second kappa shape index (κ2) is 5.48. The van der Waals surface area contributed by atoms with Gasteiger partial charge in [-0.2, -0.15) is 0 Å². The van der Waals surface area contributed by atoms with Crippen LogP contribution in [0, 0.1) is 5.41 Å². The van der Waals surface area contributed by atoms with E-state index in [4.69, 9.17) is 11.5 Å². The number of amides is 2. The minimum Gasteiger partial charge on any atom is -0.369 e. The molecular weight excluding hydrogens is 216 g/mol. The zero-order valence-electron chi connectivity index (χ0n) is 9.98. The molecule has 4 nitrogen and oxygen atoms in total. The van der Waals surface area contributed by atoms with E-state index < -0.39 is 17.2 Å². The maximum absolute atomic E-state index is 11.6. The van der Waals surface area contributed by atoms with Crippen molar-refractivity contribution in [3.8, 4) is 0 Å². The highest BCUT2D eigenvalue weighted by atomic mass is 16.2. The van der Waals surface area contributed by atoms with Gasteiger partial charge in [0.1, 0.15) is 5.41 Å². The van der Waals surface area contributed by atoms with Crippen molar-refractivity contribution in [3.05, 3.63) is 35.9 Å². The fourth-order valence-electron chi connectivity index (χ4n) is 2.00. The van der Waals surface area contributed by atoms with Crippen molar-refractivity contribution in [1.29, 1.82) is 0 Å². The summed E-state index contributed by atoms with van der Waals surface area (Å²) in [6, 6.07) is 9.30. The molecule has 0 atom stereocenters. The third kappa shape index (κ3) is 2.84. The molecular formula is C13H18N2O2. The van der Waals surface area contributed by atoms with E-state index in [0.29, 0.717) is 12.8 Å². The first kappa shape index (κ1) is 13.2. The molecule has 1 aromatic rings. The molecule has 17 heavy (non-hydrogen) atoms. The highest BCUT2D eigenvalue weighted by Gasteiger charge is 2.41. The molecule has 0 saturated carbocycles. The van der Waals surface area contributed by atoms with Crippen LogP contribution in [0.3, 0.4) is 0 Å². The number of primary amides is 2. The Kier molecular flexibility index (Phi) is 4.26. The lowest BCUT2D eigenvalue weighted by Crippen LogP contribution is -2.49. The van der Waals surface area contributed by atoms with Gasteiger partial charge in [0.05, 0.1) is 0 Å². The minimum absolute atomic E-state index is 0.270. The average molecular weight is 234 g/mol. The summed E-state index contributed by atoms with van der Waals surface area (Å²) in [5.74, 6) is -1.29. The maximum atomic E-state index is 11.6. The summed E-state index contributed by atoms with van der Waals surface area (Å²) >= 11 is 0. The number of hydrogen-bond donors (Lipinski definition) is 2. The van der Waals surface area contributed by atoms with Crippen LogP contribution in [0.2, 0.25) is 0 Å². The van der Waals surface area contributed by atoms with E-state index in [2.05, 4.69) is 0 Å². The maximum Gasteiger partial charge on any atom is 0.233 e. The van der Waals surface area contributed by atoms with Gasteiger partial charge in [-0.25, -0.2) is 0 Å². The number of hydrogen-bond acceptors (Lipinski definition) is 2. The summed E-state index contributed by atoms with van der Waals surface area (Å²) < 4.78 is 0. The van der Waals surface area contributed by atoms with E-state index in [1.165, 1.54) is 0 Å². The minimum atomic E-state index is -1.27. The Balaban J connectivity index is 3.06. The third-order valence-corrected chi connectivity index (χ3v) is 2.97. The molecule has 0 saturated heterocycles. The standard InChI is InChI=1S/C13H18N2O2/c1-2-8-13(11(14)16,12(15)17)9-10-6-4-3-5-7-10/h3-7H,2,8-9H2,1H3,(H2,14,16)(H2,15,17). The van der Waals surface area contributed by atoms with Crippen molar-refractivity contribution in [2.24, 2.45) is 16.9 Å². The fourth-order valence-corrected chi connectivity index (χ4v) is 2.00. The van der Waals surface area contributed by atoms with Crippen molar-refractivity contribution in [2.75, 3.05) is 0 Å². The van der Waals surface area contributed by atoms with E-state index in [1.54, 1.807) is 0 Å². The Morgan fingerprint density at radius 3 is 2.06 bits per heavy atom. The Labute approximate surface area is 101 Å². The number of carbonyl (C=O) groups excluding carboxylic acids is 2. The number of nitrogens with two attached hydrogens (primary N) is 2. The van der Waals surface area contributed by atoms with Gasteiger partial charge in [0.15, 0.2) is 0 Å². The van der Waals surface area contributed by atoms with Crippen molar-refractivity contribution in [3.63, 3.8) is 0 Å². The lowest BCUT2D eigenvalue weighted by Gasteiger charge is -2.26. The van der Waals surface area contributed by atoms with E-state index in [-0.39, 0.29) is 6.42 Å². The summed E-state index contributed by atoms with van der Waals surface area (Å²) in [4.78, 5) is 23.2. The predicted octanol–water partition coefficient (Wildman–Crippen LogP) is 0.986. The molecule has 0 aliphatic carbocycles. The van der Waals surface area contributed by atoms with E-state index in [1.807, 2.05) is 37.3 Å². The molecule has 4 heteroatoms. The molecule has 0 fully saturated rings. The monoisotopic (exact) mass is 234 g/mol. The number of benzene rings is 1. The van der Waals surface area contributed by atoms with Crippen LogP contribution in [0.1, 0.15) is 25.3 Å². The summed E-state index contributed by atoms with van der Waals surface area (Å²) in [7, 11) is 0. The highest BCUT2D eigenvalue weighted by Crippen LogP contribution is 2.28. The van der Waals surface area contributed by atoms with Crippen LogP contribution < -0.4 is 11.5 Å². The van der Waals surface area contributed by atoms with Gasteiger partial charge in [-0.05, 0) is 18.4 Å². The molecule has 0 aliphatic heterocycles. The SMILES string of the molecule is CCCC(Cc1ccccc1)(C(N)=O)C(N)=O. The third-order valence-electron chi connectivity index (χ3n) is 2.97. The molecule has 0 unspecified atom stereocenters. The van der Waals surface area contributed by atoms with Gasteiger partial charge in [0, 0.05) is 0 Å². The van der Waals surface area contributed by atoms with Gasteiger partial charge < -0.3 is 11.5 Å². The van der Waals surface area contributed by atoms with E-state index >= 15 is 0 Å². The lowest BCUT2D eigenvalue weighted by atomic mass is 9.76. The van der Waals surface area contributed by atoms with Crippen LogP contribution in [0.15, 0.2) is 30.3 Å². The van der Waals surface area contributed by atoms with Crippen molar-refractivity contribution >= 4 is 11.8 Å². The quantitative estimate of drug-likeness (QED) is 0.719. The molecule has 0 radical (unpaired) electrons. The molecule has 1 aromatic carbocycles. The van der Waals surface area contributed by atoms with Gasteiger partial charge in [-0.15, -0.1) is 0 Å². The first-order chi connectivity index (χ1) is 8.03. The molecule has 0 heterocycles. The van der Waals surface area contributed by atoms with Crippen LogP contribution in [0.4, 0.5) is 0 Å². The van der Waals surface area contributed by atoms with Crippen molar-refractivity contribution < 1.29 is 9.59 Å². The molecule has 4 N–H and O–H groups in total. The summed E-state index contributed by atoms with van der Waals surface area (Å²) in [5.41, 5.74) is 10.4. The van der Waals surface area contributed by atoms with E-state index in [9.17, 15) is 9.59 Å². The van der Waals surface area contributed by atoms with Crippen LogP contribution >= 0.6 is 0 Å². The van der Waals surface area contributed by atoms with Crippen molar-refractivity contribution in [1.82, 2.24) is 0 Å². The summed E-state index contributed by atoms with van der Waals surface area (Å²) in [6.45, 7) is 1.89. The smallest absolute Gasteiger partial charge is 0.233 e. The van der Waals surface area contributed by atoms with Crippen LogP contribution in [-0.2, 0) is 16.0 Å². The normalized spacial score (nSPS) is 11.1. The van der Waals surface area contributed by atoms with Crippen molar-refractivity contribution in [2.45, 2.75) is 26.2 Å². The summed E-state index contributed by atoms with van der Waals surface area (Å²) in [6.07, 6.45) is 1.33. The molecule has 0 aromatic heterocycles. The summed E-state index contributed by atoms with van der Waals surface area (Å²) in [5, 5.41) is 0. The zero-order chi connectivity index (χ0) is 12.9. The second-order valence-electron chi connectivity index (χ2n) is 4.22. The average Bonchev–Trinajstić information content (AvgIpc) is 2.29. The molecule has 2 amide bonds. The van der Waals surface area contributed by atoms with Gasteiger partial charge >= 0.3 is 0 Å². The molecule has 0 aliphatic rings. The predicted molar refractivity (Wildman–Crippen MR) is 65.9 cm³/mol. The fraction of sp³-hybridized carbons (Fsp3) is 0.385. The molecule has 1 rings (SSSR count). The van der Waals surface area contributed by atoms with Gasteiger partial charge in [-0.3, -0.25) is 9.59 Å². The molecule has 0 spiro atoms. The van der Waals surface area contributed by atoms with Crippen LogP contribution in [-0.4, -0.2) is 11.8 Å². The second-order valence-corrected chi connectivity index (χ2v) is 4.22. The van der Waals surface area contributed by atoms with Gasteiger partial charge in [0.25, 0.3) is 0 Å². The van der Waals surface area contributed by atoms with Gasteiger partial charge in [0.2, 0.25) is 11.8 Å². The Bertz CT molecular complexity index is 387. The first-order valence-electron chi connectivity index (χ1n) is 5.66. The largest absolute Gasteiger partial charge is 0.369 e. The zero-order valence-corrected chi connectivity index (χ0v) is 9.98. The van der Waals surface area contributed by atoms with Crippen LogP contribution in [0.5, 0.6) is 0 Å². The number of rotatable bonds is 6. The molecule has 0 bridgehead atoms. The Morgan fingerprint density at radius 1 is 1.12 bits per heavy atom. The Hall–Kier alpha value is -1.84. The topological polar surface area (TPSA) is 86.2 Å². The van der Waals surface area contributed by atoms with Crippen LogP contribution in [0.25, 0.3) is 0 Å².